The number of halogens is 2. The molecule has 2 amide bonds. The largest absolute Gasteiger partial charge is 0.506 e. The van der Waals surface area contributed by atoms with Gasteiger partial charge in [0.1, 0.15) is 11.6 Å². The molecule has 1 aliphatic heterocycles. The SMILES string of the molecule is O=C(CSCC(=O)N1CCCCC1)Nc1cc(Cl)c(O)cc1F. The van der Waals surface area contributed by atoms with Crippen molar-refractivity contribution in [3.63, 3.8) is 0 Å². The van der Waals surface area contributed by atoms with Crippen LogP contribution in [0.1, 0.15) is 19.3 Å². The minimum absolute atomic E-state index is 0.0290. The molecule has 8 heteroatoms. The molecule has 1 aliphatic rings. The Labute approximate surface area is 143 Å². The maximum Gasteiger partial charge on any atom is 0.234 e. The van der Waals surface area contributed by atoms with Crippen molar-refractivity contribution in [3.05, 3.63) is 23.0 Å². The van der Waals surface area contributed by atoms with Crippen LogP contribution in [0.5, 0.6) is 5.75 Å². The second kappa shape index (κ2) is 8.40. The molecule has 1 fully saturated rings. The van der Waals surface area contributed by atoms with Gasteiger partial charge >= 0.3 is 0 Å². The van der Waals surface area contributed by atoms with Gasteiger partial charge in [-0.1, -0.05) is 11.6 Å². The molecule has 1 aromatic rings. The van der Waals surface area contributed by atoms with Crippen molar-refractivity contribution in [3.8, 4) is 5.75 Å². The lowest BCUT2D eigenvalue weighted by atomic mass is 10.1. The van der Waals surface area contributed by atoms with Crippen molar-refractivity contribution in [2.24, 2.45) is 0 Å². The number of aromatic hydroxyl groups is 1. The lowest BCUT2D eigenvalue weighted by Gasteiger charge is -2.26. The molecule has 2 rings (SSSR count). The van der Waals surface area contributed by atoms with Gasteiger partial charge in [0.15, 0.2) is 0 Å². The molecule has 1 saturated heterocycles. The first-order valence-corrected chi connectivity index (χ1v) is 8.84. The van der Waals surface area contributed by atoms with E-state index < -0.39 is 11.7 Å². The highest BCUT2D eigenvalue weighted by atomic mass is 35.5. The highest BCUT2D eigenvalue weighted by molar-refractivity contribution is 8.00. The van der Waals surface area contributed by atoms with Gasteiger partial charge < -0.3 is 15.3 Å². The second-order valence-electron chi connectivity index (χ2n) is 5.27. The number of carbonyl (C=O) groups is 2. The Morgan fingerprint density at radius 3 is 2.65 bits per heavy atom. The van der Waals surface area contributed by atoms with Crippen molar-refractivity contribution in [1.82, 2.24) is 4.90 Å². The molecule has 2 N–H and O–H groups in total. The number of phenolic OH excluding ortho intramolecular Hbond substituents is 1. The van der Waals surface area contributed by atoms with Gasteiger partial charge in [-0.2, -0.15) is 0 Å². The summed E-state index contributed by atoms with van der Waals surface area (Å²) in [5.41, 5.74) is -0.0965. The predicted octanol–water partition coefficient (Wildman–Crippen LogP) is 2.87. The predicted molar refractivity (Wildman–Crippen MR) is 89.5 cm³/mol. The van der Waals surface area contributed by atoms with Crippen LogP contribution < -0.4 is 5.32 Å². The molecule has 0 spiro atoms. The Bertz CT molecular complexity index is 594. The molecule has 0 unspecified atom stereocenters. The summed E-state index contributed by atoms with van der Waals surface area (Å²) in [4.78, 5) is 25.5. The van der Waals surface area contributed by atoms with Gasteiger partial charge in [0.25, 0.3) is 0 Å². The zero-order valence-corrected chi connectivity index (χ0v) is 14.1. The van der Waals surface area contributed by atoms with Crippen LogP contribution >= 0.6 is 23.4 Å². The number of nitrogens with zero attached hydrogens (tertiary/aromatic N) is 1. The van der Waals surface area contributed by atoms with Gasteiger partial charge in [0.05, 0.1) is 22.2 Å². The zero-order chi connectivity index (χ0) is 16.8. The Morgan fingerprint density at radius 1 is 1.26 bits per heavy atom. The number of nitrogens with one attached hydrogen (secondary N) is 1. The lowest BCUT2D eigenvalue weighted by molar-refractivity contribution is -0.129. The molecule has 0 radical (unpaired) electrons. The number of hydrogen-bond donors (Lipinski definition) is 2. The van der Waals surface area contributed by atoms with E-state index >= 15 is 0 Å². The van der Waals surface area contributed by atoms with E-state index in [1.807, 2.05) is 4.90 Å². The van der Waals surface area contributed by atoms with Crippen molar-refractivity contribution < 1.29 is 19.1 Å². The standard InChI is InChI=1S/C15H18ClFN2O3S/c16-10-6-12(11(17)7-13(10)20)18-14(21)8-23-9-15(22)19-4-2-1-3-5-19/h6-7,20H,1-5,8-9H2,(H,18,21). The van der Waals surface area contributed by atoms with E-state index in [2.05, 4.69) is 5.32 Å². The fourth-order valence-corrected chi connectivity index (χ4v) is 3.16. The maximum atomic E-state index is 13.6. The molecule has 0 atom stereocenters. The lowest BCUT2D eigenvalue weighted by Crippen LogP contribution is -2.37. The van der Waals surface area contributed by atoms with Gasteiger partial charge in [-0.05, 0) is 25.3 Å². The third-order valence-corrected chi connectivity index (χ3v) is 4.70. The molecule has 0 aliphatic carbocycles. The van der Waals surface area contributed by atoms with Gasteiger partial charge in [0.2, 0.25) is 11.8 Å². The van der Waals surface area contributed by atoms with Crippen LogP contribution in [0.3, 0.4) is 0 Å². The topological polar surface area (TPSA) is 69.6 Å². The Hall–Kier alpha value is -1.47. The van der Waals surface area contributed by atoms with Gasteiger partial charge in [-0.15, -0.1) is 11.8 Å². The van der Waals surface area contributed by atoms with E-state index in [4.69, 9.17) is 11.6 Å². The molecule has 0 saturated carbocycles. The number of phenols is 1. The van der Waals surface area contributed by atoms with Gasteiger partial charge in [0, 0.05) is 19.2 Å². The molecule has 23 heavy (non-hydrogen) atoms. The molecule has 5 nitrogen and oxygen atoms in total. The minimum Gasteiger partial charge on any atom is -0.506 e. The van der Waals surface area contributed by atoms with Crippen molar-refractivity contribution in [2.75, 3.05) is 29.9 Å². The first-order chi connectivity index (χ1) is 11.0. The van der Waals surface area contributed by atoms with E-state index in [0.717, 1.165) is 44.5 Å². The summed E-state index contributed by atoms with van der Waals surface area (Å²) in [5, 5.41) is 11.6. The van der Waals surface area contributed by atoms with Crippen LogP contribution in [0.4, 0.5) is 10.1 Å². The van der Waals surface area contributed by atoms with Gasteiger partial charge in [-0.3, -0.25) is 9.59 Å². The number of carbonyl (C=O) groups excluding carboxylic acids is 2. The van der Waals surface area contributed by atoms with E-state index in [-0.39, 0.29) is 33.9 Å². The molecule has 1 heterocycles. The van der Waals surface area contributed by atoms with Gasteiger partial charge in [-0.25, -0.2) is 4.39 Å². The van der Waals surface area contributed by atoms with E-state index in [1.54, 1.807) is 0 Å². The molecular formula is C15H18ClFN2O3S. The average Bonchev–Trinajstić information content (AvgIpc) is 2.53. The number of amides is 2. The fourth-order valence-electron chi connectivity index (χ4n) is 2.28. The van der Waals surface area contributed by atoms with Crippen molar-refractivity contribution >= 4 is 40.9 Å². The van der Waals surface area contributed by atoms with E-state index in [1.165, 1.54) is 11.8 Å². The molecule has 1 aromatic carbocycles. The number of piperidine rings is 1. The van der Waals surface area contributed by atoms with Crippen LogP contribution in [0.2, 0.25) is 5.02 Å². The highest BCUT2D eigenvalue weighted by Gasteiger charge is 2.17. The number of thioether (sulfide) groups is 1. The molecule has 0 bridgehead atoms. The summed E-state index contributed by atoms with van der Waals surface area (Å²) >= 11 is 6.87. The first-order valence-electron chi connectivity index (χ1n) is 7.31. The Kier molecular flexibility index (Phi) is 6.53. The fraction of sp³-hybridized carbons (Fsp3) is 0.467. The third-order valence-electron chi connectivity index (χ3n) is 3.48. The summed E-state index contributed by atoms with van der Waals surface area (Å²) in [7, 11) is 0. The monoisotopic (exact) mass is 360 g/mol. The van der Waals surface area contributed by atoms with Crippen LogP contribution in [0.15, 0.2) is 12.1 Å². The Balaban J connectivity index is 1.77. The number of hydrogen-bond acceptors (Lipinski definition) is 4. The molecule has 0 aromatic heterocycles. The third kappa shape index (κ3) is 5.28. The highest BCUT2D eigenvalue weighted by Crippen LogP contribution is 2.29. The number of anilines is 1. The van der Waals surface area contributed by atoms with E-state index in [0.29, 0.717) is 0 Å². The van der Waals surface area contributed by atoms with E-state index in [9.17, 15) is 19.1 Å². The molecular weight excluding hydrogens is 343 g/mol. The smallest absolute Gasteiger partial charge is 0.234 e. The number of likely N-dealkylation sites (tertiary alicyclic amines) is 1. The first kappa shape index (κ1) is 17.9. The summed E-state index contributed by atoms with van der Waals surface area (Å²) in [5.74, 6) is -1.29. The minimum atomic E-state index is -0.769. The molecule has 126 valence electrons. The van der Waals surface area contributed by atoms with Crippen LogP contribution in [0, 0.1) is 5.82 Å². The zero-order valence-electron chi connectivity index (χ0n) is 12.5. The maximum absolute atomic E-state index is 13.6. The second-order valence-corrected chi connectivity index (χ2v) is 6.66. The number of rotatable bonds is 5. The summed E-state index contributed by atoms with van der Waals surface area (Å²) < 4.78 is 13.6. The summed E-state index contributed by atoms with van der Waals surface area (Å²) in [6.07, 6.45) is 3.20. The summed E-state index contributed by atoms with van der Waals surface area (Å²) in [6.45, 7) is 1.56. The van der Waals surface area contributed by atoms with Crippen molar-refractivity contribution in [2.45, 2.75) is 19.3 Å². The van der Waals surface area contributed by atoms with Crippen molar-refractivity contribution in [1.29, 1.82) is 0 Å². The summed E-state index contributed by atoms with van der Waals surface area (Å²) in [6, 6.07) is 1.98. The normalized spacial score (nSPS) is 14.6. The Morgan fingerprint density at radius 2 is 1.96 bits per heavy atom. The quantitative estimate of drug-likeness (QED) is 0.792. The van der Waals surface area contributed by atoms with Crippen LogP contribution in [-0.4, -0.2) is 46.4 Å². The average molecular weight is 361 g/mol. The van der Waals surface area contributed by atoms with Crippen LogP contribution in [0.25, 0.3) is 0 Å². The number of benzene rings is 1. The van der Waals surface area contributed by atoms with Crippen LogP contribution in [-0.2, 0) is 9.59 Å².